The highest BCUT2D eigenvalue weighted by molar-refractivity contribution is 6.06. The van der Waals surface area contributed by atoms with Crippen molar-refractivity contribution >= 4 is 22.5 Å². The molecule has 1 aromatic heterocycles. The van der Waals surface area contributed by atoms with Crippen molar-refractivity contribution in [3.63, 3.8) is 0 Å². The zero-order chi connectivity index (χ0) is 19.7. The van der Waals surface area contributed by atoms with Crippen LogP contribution in [-0.4, -0.2) is 34.9 Å². The molecule has 0 bridgehead atoms. The van der Waals surface area contributed by atoms with E-state index >= 15 is 0 Å². The van der Waals surface area contributed by atoms with Gasteiger partial charge in [0, 0.05) is 42.5 Å². The lowest BCUT2D eigenvalue weighted by Crippen LogP contribution is -2.45. The minimum atomic E-state index is -0.882. The van der Waals surface area contributed by atoms with E-state index in [1.54, 1.807) is 12.3 Å². The number of nitrogens with zero attached hydrogens (tertiary/aromatic N) is 2. The number of rotatable bonds is 3. The number of carbonyl (C=O) groups is 1. The summed E-state index contributed by atoms with van der Waals surface area (Å²) in [4.78, 5) is 19.3. The number of aromatic nitrogens is 1. The van der Waals surface area contributed by atoms with Crippen LogP contribution in [0.3, 0.4) is 0 Å². The molecule has 6 heteroatoms. The SMILES string of the molecule is Cc1ccc2nccc(C(=O)N3CCC[C@@H](Nc4ccc(F)c(F)c4)C3)c2c1. The number of anilines is 1. The van der Waals surface area contributed by atoms with E-state index in [9.17, 15) is 13.6 Å². The summed E-state index contributed by atoms with van der Waals surface area (Å²) < 4.78 is 26.6. The third kappa shape index (κ3) is 3.67. The summed E-state index contributed by atoms with van der Waals surface area (Å²) in [5.74, 6) is -1.78. The van der Waals surface area contributed by atoms with Crippen LogP contribution in [-0.2, 0) is 0 Å². The fourth-order valence-electron chi connectivity index (χ4n) is 3.72. The van der Waals surface area contributed by atoms with E-state index in [0.29, 0.717) is 24.3 Å². The van der Waals surface area contributed by atoms with E-state index in [1.807, 2.05) is 30.0 Å². The van der Waals surface area contributed by atoms with Crippen molar-refractivity contribution < 1.29 is 13.6 Å². The first-order chi connectivity index (χ1) is 13.5. The number of piperidine rings is 1. The van der Waals surface area contributed by atoms with Crippen LogP contribution in [0.2, 0.25) is 0 Å². The van der Waals surface area contributed by atoms with Gasteiger partial charge >= 0.3 is 0 Å². The molecule has 1 aliphatic heterocycles. The van der Waals surface area contributed by atoms with E-state index in [1.165, 1.54) is 6.07 Å². The van der Waals surface area contributed by atoms with Gasteiger partial charge in [0.05, 0.1) is 11.1 Å². The number of nitrogens with one attached hydrogen (secondary N) is 1. The highest BCUT2D eigenvalue weighted by Gasteiger charge is 2.25. The largest absolute Gasteiger partial charge is 0.380 e. The predicted octanol–water partition coefficient (Wildman–Crippen LogP) is 4.54. The zero-order valence-corrected chi connectivity index (χ0v) is 15.6. The van der Waals surface area contributed by atoms with Crippen molar-refractivity contribution in [2.75, 3.05) is 18.4 Å². The minimum absolute atomic E-state index is 0.0163. The first-order valence-electron chi connectivity index (χ1n) is 9.37. The molecule has 1 N–H and O–H groups in total. The predicted molar refractivity (Wildman–Crippen MR) is 105 cm³/mol. The topological polar surface area (TPSA) is 45.2 Å². The van der Waals surface area contributed by atoms with Crippen LogP contribution in [0.15, 0.2) is 48.7 Å². The Morgan fingerprint density at radius 2 is 2.00 bits per heavy atom. The Bertz CT molecular complexity index is 1040. The molecular weight excluding hydrogens is 360 g/mol. The van der Waals surface area contributed by atoms with Crippen LogP contribution in [0.1, 0.15) is 28.8 Å². The summed E-state index contributed by atoms with van der Waals surface area (Å²) in [5.41, 5.74) is 3.03. The molecule has 2 heterocycles. The Balaban J connectivity index is 1.54. The maximum Gasteiger partial charge on any atom is 0.254 e. The molecule has 0 spiro atoms. The molecule has 1 saturated heterocycles. The third-order valence-electron chi connectivity index (χ3n) is 5.13. The fourth-order valence-corrected chi connectivity index (χ4v) is 3.72. The summed E-state index contributed by atoms with van der Waals surface area (Å²) in [6, 6.07) is 11.4. The normalized spacial score (nSPS) is 17.0. The molecule has 4 nitrogen and oxygen atoms in total. The molecule has 1 fully saturated rings. The number of aryl methyl sites for hydroxylation is 1. The summed E-state index contributed by atoms with van der Waals surface area (Å²) in [7, 11) is 0. The number of halogens is 2. The maximum atomic E-state index is 13.5. The van der Waals surface area contributed by atoms with Gasteiger partial charge in [0.2, 0.25) is 0 Å². The summed E-state index contributed by atoms with van der Waals surface area (Å²) in [6.45, 7) is 3.17. The number of likely N-dealkylation sites (tertiary alicyclic amines) is 1. The second kappa shape index (κ2) is 7.54. The highest BCUT2D eigenvalue weighted by Crippen LogP contribution is 2.23. The van der Waals surface area contributed by atoms with Gasteiger partial charge in [0.15, 0.2) is 11.6 Å². The van der Waals surface area contributed by atoms with Gasteiger partial charge in [-0.25, -0.2) is 8.78 Å². The van der Waals surface area contributed by atoms with Gasteiger partial charge in [-0.1, -0.05) is 11.6 Å². The standard InChI is InChI=1S/C22H21F2N3O/c1-14-4-7-21-18(11-14)17(8-9-25-21)22(28)27-10-2-3-16(13-27)26-15-5-6-19(23)20(24)12-15/h4-9,11-12,16,26H,2-3,10,13H2,1H3/t16-/m1/s1. The van der Waals surface area contributed by atoms with E-state index in [2.05, 4.69) is 10.3 Å². The van der Waals surface area contributed by atoms with Crippen LogP contribution in [0.4, 0.5) is 14.5 Å². The Morgan fingerprint density at radius 1 is 1.14 bits per heavy atom. The quantitative estimate of drug-likeness (QED) is 0.725. The van der Waals surface area contributed by atoms with Crippen molar-refractivity contribution in [2.45, 2.75) is 25.8 Å². The molecule has 1 atom stereocenters. The van der Waals surface area contributed by atoms with Crippen LogP contribution < -0.4 is 5.32 Å². The average molecular weight is 381 g/mol. The molecule has 144 valence electrons. The highest BCUT2D eigenvalue weighted by atomic mass is 19.2. The number of pyridine rings is 1. The smallest absolute Gasteiger partial charge is 0.254 e. The molecule has 0 aliphatic carbocycles. The Labute approximate surface area is 162 Å². The molecule has 1 amide bonds. The van der Waals surface area contributed by atoms with Gasteiger partial charge in [-0.05, 0) is 50.1 Å². The first kappa shape index (κ1) is 18.3. The van der Waals surface area contributed by atoms with Gasteiger partial charge in [-0.3, -0.25) is 9.78 Å². The molecule has 3 aromatic rings. The van der Waals surface area contributed by atoms with Crippen molar-refractivity contribution in [1.82, 2.24) is 9.88 Å². The van der Waals surface area contributed by atoms with Crippen molar-refractivity contribution in [2.24, 2.45) is 0 Å². The molecule has 4 rings (SSSR count). The van der Waals surface area contributed by atoms with Crippen LogP contribution in [0.25, 0.3) is 10.9 Å². The Morgan fingerprint density at radius 3 is 2.82 bits per heavy atom. The number of carbonyl (C=O) groups excluding carboxylic acids is 1. The Hall–Kier alpha value is -3.02. The van der Waals surface area contributed by atoms with E-state index < -0.39 is 11.6 Å². The number of fused-ring (bicyclic) bond motifs is 1. The zero-order valence-electron chi connectivity index (χ0n) is 15.6. The van der Waals surface area contributed by atoms with Gasteiger partial charge in [0.25, 0.3) is 5.91 Å². The molecule has 2 aromatic carbocycles. The lowest BCUT2D eigenvalue weighted by molar-refractivity contribution is 0.0716. The van der Waals surface area contributed by atoms with Crippen molar-refractivity contribution in [1.29, 1.82) is 0 Å². The van der Waals surface area contributed by atoms with Gasteiger partial charge in [-0.2, -0.15) is 0 Å². The first-order valence-corrected chi connectivity index (χ1v) is 9.37. The van der Waals surface area contributed by atoms with E-state index in [-0.39, 0.29) is 11.9 Å². The maximum absolute atomic E-state index is 13.5. The lowest BCUT2D eigenvalue weighted by atomic mass is 10.0. The summed E-state index contributed by atoms with van der Waals surface area (Å²) >= 11 is 0. The second-order valence-corrected chi connectivity index (χ2v) is 7.24. The van der Waals surface area contributed by atoms with Gasteiger partial charge in [0.1, 0.15) is 0 Å². The number of amides is 1. The van der Waals surface area contributed by atoms with E-state index in [0.717, 1.165) is 41.4 Å². The lowest BCUT2D eigenvalue weighted by Gasteiger charge is -2.34. The molecule has 0 unspecified atom stereocenters. The van der Waals surface area contributed by atoms with Crippen LogP contribution in [0, 0.1) is 18.6 Å². The minimum Gasteiger partial charge on any atom is -0.380 e. The van der Waals surface area contributed by atoms with Gasteiger partial charge in [-0.15, -0.1) is 0 Å². The van der Waals surface area contributed by atoms with Crippen molar-refractivity contribution in [3.05, 3.63) is 71.4 Å². The molecule has 0 saturated carbocycles. The Kier molecular flexibility index (Phi) is 4.94. The number of hydrogen-bond acceptors (Lipinski definition) is 3. The van der Waals surface area contributed by atoms with Crippen LogP contribution >= 0.6 is 0 Å². The number of hydrogen-bond donors (Lipinski definition) is 1. The molecule has 1 aliphatic rings. The van der Waals surface area contributed by atoms with E-state index in [4.69, 9.17) is 0 Å². The molecular formula is C22H21F2N3O. The number of benzene rings is 2. The monoisotopic (exact) mass is 381 g/mol. The summed E-state index contributed by atoms with van der Waals surface area (Å²) in [6.07, 6.45) is 3.36. The fraction of sp³-hybridized carbons (Fsp3) is 0.273. The average Bonchev–Trinajstić information content (AvgIpc) is 2.70. The van der Waals surface area contributed by atoms with Crippen LogP contribution in [0.5, 0.6) is 0 Å². The molecule has 0 radical (unpaired) electrons. The second-order valence-electron chi connectivity index (χ2n) is 7.24. The van der Waals surface area contributed by atoms with Crippen molar-refractivity contribution in [3.8, 4) is 0 Å². The molecule has 28 heavy (non-hydrogen) atoms. The van der Waals surface area contributed by atoms with Gasteiger partial charge < -0.3 is 10.2 Å². The summed E-state index contributed by atoms with van der Waals surface area (Å²) in [5, 5.41) is 4.07. The third-order valence-corrected chi connectivity index (χ3v) is 5.13.